The zero-order valence-corrected chi connectivity index (χ0v) is 11.5. The second kappa shape index (κ2) is 4.82. The molecule has 0 amide bonds. The van der Waals surface area contributed by atoms with Crippen molar-refractivity contribution in [1.29, 1.82) is 0 Å². The molecule has 0 aliphatic carbocycles. The highest BCUT2D eigenvalue weighted by Gasteiger charge is 2.10. The number of nitrogens with zero attached hydrogens (tertiary/aromatic N) is 2. The lowest BCUT2D eigenvalue weighted by Crippen LogP contribution is -1.97. The Morgan fingerprint density at radius 2 is 1.85 bits per heavy atom. The summed E-state index contributed by atoms with van der Waals surface area (Å²) in [4.78, 5) is 4.53. The molecule has 3 rings (SSSR count). The molecule has 0 saturated carbocycles. The van der Waals surface area contributed by atoms with Crippen molar-refractivity contribution in [1.82, 2.24) is 9.55 Å². The lowest BCUT2D eigenvalue weighted by molar-refractivity contribution is 1.09. The predicted molar refractivity (Wildman–Crippen MR) is 86.0 cm³/mol. The monoisotopic (exact) mass is 260 g/mol. The van der Waals surface area contributed by atoms with Gasteiger partial charge in [-0.05, 0) is 30.2 Å². The molecule has 0 atom stereocenters. The van der Waals surface area contributed by atoms with Crippen molar-refractivity contribution in [2.24, 2.45) is 0 Å². The molecule has 2 nitrogen and oxygen atoms in total. The van der Waals surface area contributed by atoms with Crippen molar-refractivity contribution in [3.8, 4) is 5.69 Å². The zero-order valence-electron chi connectivity index (χ0n) is 11.5. The summed E-state index contributed by atoms with van der Waals surface area (Å²) in [5, 5.41) is 0. The molecule has 0 aliphatic rings. The molecule has 3 aromatic rings. The van der Waals surface area contributed by atoms with Crippen LogP contribution in [0.25, 0.3) is 28.9 Å². The van der Waals surface area contributed by atoms with E-state index in [-0.39, 0.29) is 0 Å². The second-order valence-electron chi connectivity index (χ2n) is 4.75. The SMILES string of the molecule is C=Cc1cccc(-n2cnc3c(C)cccc32)c1C=C. The quantitative estimate of drug-likeness (QED) is 0.672. The van der Waals surface area contributed by atoms with E-state index in [9.17, 15) is 0 Å². The Kier molecular flexibility index (Phi) is 2.99. The summed E-state index contributed by atoms with van der Waals surface area (Å²) in [6.07, 6.45) is 5.59. The molecule has 0 radical (unpaired) electrons. The van der Waals surface area contributed by atoms with Crippen molar-refractivity contribution < 1.29 is 0 Å². The van der Waals surface area contributed by atoms with Crippen LogP contribution >= 0.6 is 0 Å². The van der Waals surface area contributed by atoms with Gasteiger partial charge in [-0.25, -0.2) is 4.98 Å². The van der Waals surface area contributed by atoms with Crippen LogP contribution in [0.3, 0.4) is 0 Å². The molecule has 0 saturated heterocycles. The second-order valence-corrected chi connectivity index (χ2v) is 4.75. The number of benzene rings is 2. The average molecular weight is 260 g/mol. The third-order valence-corrected chi connectivity index (χ3v) is 3.58. The van der Waals surface area contributed by atoms with Gasteiger partial charge in [-0.1, -0.05) is 49.6 Å². The van der Waals surface area contributed by atoms with Crippen LogP contribution < -0.4 is 0 Å². The van der Waals surface area contributed by atoms with Crippen LogP contribution in [0.1, 0.15) is 16.7 Å². The number of imidazole rings is 1. The molecule has 0 spiro atoms. The molecule has 1 heterocycles. The van der Waals surface area contributed by atoms with E-state index in [0.717, 1.165) is 27.8 Å². The van der Waals surface area contributed by atoms with E-state index >= 15 is 0 Å². The minimum Gasteiger partial charge on any atom is -0.298 e. The zero-order chi connectivity index (χ0) is 14.1. The van der Waals surface area contributed by atoms with Crippen molar-refractivity contribution in [3.63, 3.8) is 0 Å². The van der Waals surface area contributed by atoms with E-state index in [4.69, 9.17) is 0 Å². The standard InChI is InChI=1S/C18H16N2/c1-4-14-9-7-10-16(15(14)5-2)20-12-19-18-13(3)8-6-11-17(18)20/h4-12H,1-2H2,3H3. The topological polar surface area (TPSA) is 17.8 Å². The summed E-state index contributed by atoms with van der Waals surface area (Å²) in [7, 11) is 0. The minimum atomic E-state index is 1.03. The van der Waals surface area contributed by atoms with Gasteiger partial charge in [0.15, 0.2) is 0 Å². The average Bonchev–Trinajstić information content (AvgIpc) is 2.91. The number of hydrogen-bond acceptors (Lipinski definition) is 1. The van der Waals surface area contributed by atoms with Crippen molar-refractivity contribution in [3.05, 3.63) is 72.6 Å². The van der Waals surface area contributed by atoms with Crippen LogP contribution in [-0.4, -0.2) is 9.55 Å². The number of fused-ring (bicyclic) bond motifs is 1. The van der Waals surface area contributed by atoms with Gasteiger partial charge < -0.3 is 0 Å². The van der Waals surface area contributed by atoms with Gasteiger partial charge in [0.1, 0.15) is 6.33 Å². The maximum atomic E-state index is 4.53. The molecule has 20 heavy (non-hydrogen) atoms. The number of para-hydroxylation sites is 1. The largest absolute Gasteiger partial charge is 0.298 e. The molecular formula is C18H16N2. The molecule has 2 heteroatoms. The fourth-order valence-electron chi connectivity index (χ4n) is 2.56. The number of rotatable bonds is 3. The highest BCUT2D eigenvalue weighted by atomic mass is 15.0. The first-order chi connectivity index (χ1) is 9.76. The summed E-state index contributed by atoms with van der Waals surface area (Å²) in [6, 6.07) is 12.4. The first kappa shape index (κ1) is 12.4. The number of hydrogen-bond donors (Lipinski definition) is 0. The van der Waals surface area contributed by atoms with Crippen LogP contribution in [-0.2, 0) is 0 Å². The molecule has 0 bridgehead atoms. The van der Waals surface area contributed by atoms with Crippen LogP contribution in [0.4, 0.5) is 0 Å². The molecule has 0 fully saturated rings. The fraction of sp³-hybridized carbons (Fsp3) is 0.0556. The Morgan fingerprint density at radius 1 is 1.05 bits per heavy atom. The van der Waals surface area contributed by atoms with Gasteiger partial charge in [0.05, 0.1) is 16.7 Å². The van der Waals surface area contributed by atoms with E-state index in [2.05, 4.69) is 53.9 Å². The first-order valence-corrected chi connectivity index (χ1v) is 6.57. The van der Waals surface area contributed by atoms with Gasteiger partial charge in [-0.2, -0.15) is 0 Å². The van der Waals surface area contributed by atoms with E-state index < -0.39 is 0 Å². The van der Waals surface area contributed by atoms with Gasteiger partial charge in [0.25, 0.3) is 0 Å². The third kappa shape index (κ3) is 1.77. The molecule has 2 aromatic carbocycles. The Balaban J connectivity index is 2.34. The normalized spacial score (nSPS) is 10.7. The lowest BCUT2D eigenvalue weighted by atomic mass is 10.0. The maximum absolute atomic E-state index is 4.53. The van der Waals surface area contributed by atoms with Gasteiger partial charge in [-0.15, -0.1) is 0 Å². The summed E-state index contributed by atoms with van der Waals surface area (Å²) >= 11 is 0. The fourth-order valence-corrected chi connectivity index (χ4v) is 2.56. The summed E-state index contributed by atoms with van der Waals surface area (Å²) in [5.74, 6) is 0. The molecule has 1 aromatic heterocycles. The first-order valence-electron chi connectivity index (χ1n) is 6.57. The van der Waals surface area contributed by atoms with Crippen molar-refractivity contribution in [2.75, 3.05) is 0 Å². The van der Waals surface area contributed by atoms with Gasteiger partial charge >= 0.3 is 0 Å². The van der Waals surface area contributed by atoms with E-state index in [1.165, 1.54) is 5.56 Å². The summed E-state index contributed by atoms with van der Waals surface area (Å²) in [5.41, 5.74) is 6.54. The van der Waals surface area contributed by atoms with Gasteiger partial charge in [0, 0.05) is 5.56 Å². The Labute approximate surface area is 118 Å². The van der Waals surface area contributed by atoms with Gasteiger partial charge in [-0.3, -0.25) is 4.57 Å². The van der Waals surface area contributed by atoms with Crippen LogP contribution in [0.15, 0.2) is 55.9 Å². The minimum absolute atomic E-state index is 1.03. The van der Waals surface area contributed by atoms with Crippen LogP contribution in [0.2, 0.25) is 0 Å². The molecule has 98 valence electrons. The van der Waals surface area contributed by atoms with Gasteiger partial charge in [0.2, 0.25) is 0 Å². The molecule has 0 unspecified atom stereocenters. The Bertz CT molecular complexity index is 809. The molecule has 0 aliphatic heterocycles. The highest BCUT2D eigenvalue weighted by Crippen LogP contribution is 2.26. The summed E-state index contributed by atoms with van der Waals surface area (Å²) in [6.45, 7) is 9.87. The Hall–Kier alpha value is -2.61. The highest BCUT2D eigenvalue weighted by molar-refractivity contribution is 5.82. The Morgan fingerprint density at radius 3 is 2.60 bits per heavy atom. The van der Waals surface area contributed by atoms with E-state index in [0.29, 0.717) is 0 Å². The van der Waals surface area contributed by atoms with Crippen molar-refractivity contribution >= 4 is 23.2 Å². The number of aromatic nitrogens is 2. The van der Waals surface area contributed by atoms with E-state index in [1.807, 2.05) is 30.6 Å². The maximum Gasteiger partial charge on any atom is 0.100 e. The number of aryl methyl sites for hydroxylation is 1. The summed E-state index contributed by atoms with van der Waals surface area (Å²) < 4.78 is 2.10. The van der Waals surface area contributed by atoms with Crippen LogP contribution in [0, 0.1) is 6.92 Å². The smallest absolute Gasteiger partial charge is 0.100 e. The van der Waals surface area contributed by atoms with Crippen LogP contribution in [0.5, 0.6) is 0 Å². The lowest BCUT2D eigenvalue weighted by Gasteiger charge is -2.11. The third-order valence-electron chi connectivity index (χ3n) is 3.58. The molecular weight excluding hydrogens is 244 g/mol. The van der Waals surface area contributed by atoms with Crippen molar-refractivity contribution in [2.45, 2.75) is 6.92 Å². The van der Waals surface area contributed by atoms with E-state index in [1.54, 1.807) is 0 Å². The predicted octanol–water partition coefficient (Wildman–Crippen LogP) is 4.62. The molecule has 0 N–H and O–H groups in total.